The molecule has 0 bridgehead atoms. The maximum absolute atomic E-state index is 12.9. The number of rotatable bonds is 4. The topological polar surface area (TPSA) is 98.1 Å². The lowest BCUT2D eigenvalue weighted by molar-refractivity contribution is 0.0511. The number of hydrogen-bond acceptors (Lipinski definition) is 5. The van der Waals surface area contributed by atoms with Crippen molar-refractivity contribution in [3.63, 3.8) is 0 Å². The van der Waals surface area contributed by atoms with Crippen LogP contribution in [0.3, 0.4) is 0 Å². The van der Waals surface area contributed by atoms with Gasteiger partial charge in [0, 0.05) is 31.2 Å². The number of amides is 2. The maximum Gasteiger partial charge on any atom is 0.407 e. The number of aromatic nitrogens is 3. The SMILES string of the molecule is Cc1nn(C)c2ncc(C(=O)N[C@H]3CCCC[C@@H]3CNC(=O)OC(C)(C)C)cc12. The zero-order valence-electron chi connectivity index (χ0n) is 17.9. The average molecular weight is 402 g/mol. The molecule has 0 spiro atoms. The number of nitrogens with one attached hydrogen (secondary N) is 2. The van der Waals surface area contributed by atoms with Gasteiger partial charge >= 0.3 is 6.09 Å². The van der Waals surface area contributed by atoms with Crippen molar-refractivity contribution in [3.05, 3.63) is 23.5 Å². The van der Waals surface area contributed by atoms with Gasteiger partial charge in [0.25, 0.3) is 5.91 Å². The van der Waals surface area contributed by atoms with Crippen LogP contribution in [-0.4, -0.2) is 45.0 Å². The van der Waals surface area contributed by atoms with Crippen LogP contribution in [0.15, 0.2) is 12.3 Å². The van der Waals surface area contributed by atoms with Crippen LogP contribution >= 0.6 is 0 Å². The first kappa shape index (κ1) is 21.1. The third kappa shape index (κ3) is 5.25. The molecule has 1 aliphatic carbocycles. The molecule has 3 rings (SSSR count). The predicted molar refractivity (Wildman–Crippen MR) is 111 cm³/mol. The summed E-state index contributed by atoms with van der Waals surface area (Å²) < 4.78 is 7.03. The van der Waals surface area contributed by atoms with Gasteiger partial charge in [-0.15, -0.1) is 0 Å². The van der Waals surface area contributed by atoms with E-state index in [1.54, 1.807) is 10.9 Å². The van der Waals surface area contributed by atoms with E-state index in [9.17, 15) is 9.59 Å². The summed E-state index contributed by atoms with van der Waals surface area (Å²) in [5, 5.41) is 11.2. The Morgan fingerprint density at radius 3 is 2.72 bits per heavy atom. The van der Waals surface area contributed by atoms with Gasteiger partial charge in [-0.3, -0.25) is 9.48 Å². The third-order valence-electron chi connectivity index (χ3n) is 5.26. The second kappa shape index (κ2) is 8.39. The Hall–Kier alpha value is -2.64. The molecule has 0 aliphatic heterocycles. The normalized spacial score (nSPS) is 19.8. The molecule has 8 nitrogen and oxygen atoms in total. The van der Waals surface area contributed by atoms with Gasteiger partial charge in [-0.05, 0) is 52.5 Å². The Morgan fingerprint density at radius 2 is 2.00 bits per heavy atom. The lowest BCUT2D eigenvalue weighted by atomic mass is 9.84. The van der Waals surface area contributed by atoms with Crippen LogP contribution in [0, 0.1) is 12.8 Å². The minimum atomic E-state index is -0.527. The number of ether oxygens (including phenoxy) is 1. The second-order valence-corrected chi connectivity index (χ2v) is 8.81. The highest BCUT2D eigenvalue weighted by atomic mass is 16.6. The van der Waals surface area contributed by atoms with E-state index >= 15 is 0 Å². The largest absolute Gasteiger partial charge is 0.444 e. The number of carbonyl (C=O) groups excluding carboxylic acids is 2. The molecule has 0 unspecified atom stereocenters. The first-order chi connectivity index (χ1) is 13.6. The zero-order valence-corrected chi connectivity index (χ0v) is 17.9. The number of hydrogen-bond donors (Lipinski definition) is 2. The number of pyridine rings is 1. The highest BCUT2D eigenvalue weighted by molar-refractivity contribution is 5.97. The standard InChI is InChI=1S/C21H31N5O3/c1-13-16-10-15(12-22-18(16)26(5)25-13)19(27)24-17-9-7-6-8-14(17)11-23-20(28)29-21(2,3)4/h10,12,14,17H,6-9,11H2,1-5H3,(H,23,28)(H,24,27)/t14-,17+/m1/s1. The molecule has 1 saturated carbocycles. The van der Waals surface area contributed by atoms with E-state index < -0.39 is 11.7 Å². The minimum Gasteiger partial charge on any atom is -0.444 e. The van der Waals surface area contributed by atoms with Crippen LogP contribution in [-0.2, 0) is 11.8 Å². The van der Waals surface area contributed by atoms with Crippen LogP contribution in [0.5, 0.6) is 0 Å². The van der Waals surface area contributed by atoms with Crippen molar-refractivity contribution in [3.8, 4) is 0 Å². The fourth-order valence-electron chi connectivity index (χ4n) is 3.85. The molecule has 0 saturated heterocycles. The van der Waals surface area contributed by atoms with Gasteiger partial charge in [0.2, 0.25) is 0 Å². The van der Waals surface area contributed by atoms with Crippen LogP contribution < -0.4 is 10.6 Å². The van der Waals surface area contributed by atoms with E-state index in [1.807, 2.05) is 40.8 Å². The summed E-state index contributed by atoms with van der Waals surface area (Å²) in [5.74, 6) is 0.0360. The van der Waals surface area contributed by atoms with E-state index in [1.165, 1.54) is 0 Å². The van der Waals surface area contributed by atoms with Crippen LogP contribution in [0.1, 0.15) is 62.5 Å². The summed E-state index contributed by atoms with van der Waals surface area (Å²) in [6.45, 7) is 7.91. The molecule has 29 heavy (non-hydrogen) atoms. The highest BCUT2D eigenvalue weighted by Gasteiger charge is 2.28. The fourth-order valence-corrected chi connectivity index (χ4v) is 3.85. The smallest absolute Gasteiger partial charge is 0.407 e. The van der Waals surface area contributed by atoms with Gasteiger partial charge in [-0.25, -0.2) is 9.78 Å². The Bertz CT molecular complexity index is 900. The molecular weight excluding hydrogens is 370 g/mol. The highest BCUT2D eigenvalue weighted by Crippen LogP contribution is 2.25. The minimum absolute atomic E-state index is 0.0110. The maximum atomic E-state index is 12.9. The van der Waals surface area contributed by atoms with Crippen molar-refractivity contribution in [2.24, 2.45) is 13.0 Å². The summed E-state index contributed by atoms with van der Waals surface area (Å²) in [6, 6.07) is 1.86. The van der Waals surface area contributed by atoms with Gasteiger partial charge < -0.3 is 15.4 Å². The van der Waals surface area contributed by atoms with Gasteiger partial charge in [0.15, 0.2) is 5.65 Å². The molecule has 2 atom stereocenters. The van der Waals surface area contributed by atoms with Crippen molar-refractivity contribution >= 4 is 23.0 Å². The summed E-state index contributed by atoms with van der Waals surface area (Å²) in [5.41, 5.74) is 1.61. The molecule has 2 amide bonds. The number of fused-ring (bicyclic) bond motifs is 1. The van der Waals surface area contributed by atoms with Gasteiger partial charge in [-0.2, -0.15) is 5.10 Å². The zero-order chi connectivity index (χ0) is 21.2. The quantitative estimate of drug-likeness (QED) is 0.820. The van der Waals surface area contributed by atoms with Crippen molar-refractivity contribution in [2.45, 2.75) is 65.0 Å². The number of alkyl carbamates (subject to hydrolysis) is 1. The fraction of sp³-hybridized carbons (Fsp3) is 0.619. The third-order valence-corrected chi connectivity index (χ3v) is 5.26. The van der Waals surface area contributed by atoms with Crippen molar-refractivity contribution in [1.82, 2.24) is 25.4 Å². The summed E-state index contributed by atoms with van der Waals surface area (Å²) >= 11 is 0. The molecule has 158 valence electrons. The lowest BCUT2D eigenvalue weighted by Crippen LogP contribution is -2.47. The monoisotopic (exact) mass is 401 g/mol. The average Bonchev–Trinajstić information content (AvgIpc) is 2.93. The first-order valence-corrected chi connectivity index (χ1v) is 10.2. The molecule has 2 heterocycles. The van der Waals surface area contributed by atoms with Crippen LogP contribution in [0.25, 0.3) is 11.0 Å². The summed E-state index contributed by atoms with van der Waals surface area (Å²) in [7, 11) is 1.84. The number of aryl methyl sites for hydroxylation is 2. The number of nitrogens with zero attached hydrogens (tertiary/aromatic N) is 3. The van der Waals surface area contributed by atoms with Crippen LogP contribution in [0.2, 0.25) is 0 Å². The Balaban J connectivity index is 1.64. The Labute approximate surface area is 171 Å². The molecular formula is C21H31N5O3. The summed E-state index contributed by atoms with van der Waals surface area (Å²) in [4.78, 5) is 29.2. The van der Waals surface area contributed by atoms with E-state index in [4.69, 9.17) is 4.74 Å². The number of carbonyl (C=O) groups is 2. The molecule has 0 radical (unpaired) electrons. The van der Waals surface area contributed by atoms with Gasteiger partial charge in [0.1, 0.15) is 5.60 Å². The van der Waals surface area contributed by atoms with E-state index in [0.29, 0.717) is 12.1 Å². The molecule has 1 aliphatic rings. The van der Waals surface area contributed by atoms with E-state index in [2.05, 4.69) is 20.7 Å². The molecule has 2 aromatic heterocycles. The molecule has 2 aromatic rings. The Morgan fingerprint density at radius 1 is 1.28 bits per heavy atom. The van der Waals surface area contributed by atoms with Gasteiger partial charge in [0.05, 0.1) is 11.3 Å². The van der Waals surface area contributed by atoms with E-state index in [0.717, 1.165) is 42.4 Å². The molecule has 2 N–H and O–H groups in total. The van der Waals surface area contributed by atoms with Crippen molar-refractivity contribution in [1.29, 1.82) is 0 Å². The molecule has 8 heteroatoms. The lowest BCUT2D eigenvalue weighted by Gasteiger charge is -2.32. The molecule has 1 fully saturated rings. The predicted octanol–water partition coefficient (Wildman–Crippen LogP) is 3.09. The van der Waals surface area contributed by atoms with Crippen molar-refractivity contribution in [2.75, 3.05) is 6.54 Å². The first-order valence-electron chi connectivity index (χ1n) is 10.2. The second-order valence-electron chi connectivity index (χ2n) is 8.81. The van der Waals surface area contributed by atoms with Crippen molar-refractivity contribution < 1.29 is 14.3 Å². The Kier molecular flexibility index (Phi) is 6.10. The summed E-state index contributed by atoms with van der Waals surface area (Å²) in [6.07, 6.45) is 5.18. The van der Waals surface area contributed by atoms with Gasteiger partial charge in [-0.1, -0.05) is 12.8 Å². The molecule has 0 aromatic carbocycles. The van der Waals surface area contributed by atoms with Crippen LogP contribution in [0.4, 0.5) is 4.79 Å². The van der Waals surface area contributed by atoms with E-state index in [-0.39, 0.29) is 17.9 Å².